The number of hydrogen-bond donors (Lipinski definition) is 0. The molecule has 5 rings (SSSR count). The van der Waals surface area contributed by atoms with E-state index in [1.165, 1.54) is 17.0 Å². The summed E-state index contributed by atoms with van der Waals surface area (Å²) in [6.07, 6.45) is -4.42. The van der Waals surface area contributed by atoms with E-state index >= 15 is 0 Å². The Bertz CT molecular complexity index is 1290. The van der Waals surface area contributed by atoms with Crippen molar-refractivity contribution in [2.75, 3.05) is 4.90 Å². The monoisotopic (exact) mass is 403 g/mol. The number of carbonyl (C=O) groups excluding carboxylic acids is 1. The van der Waals surface area contributed by atoms with Crippen LogP contribution in [0.15, 0.2) is 78.9 Å². The van der Waals surface area contributed by atoms with Crippen LogP contribution in [-0.4, -0.2) is 5.91 Å². The van der Waals surface area contributed by atoms with E-state index in [0.717, 1.165) is 39.6 Å². The number of benzene rings is 4. The average molecular weight is 403 g/mol. The third kappa shape index (κ3) is 2.77. The number of halogens is 3. The van der Waals surface area contributed by atoms with Crippen molar-refractivity contribution in [3.8, 4) is 11.1 Å². The first-order valence-corrected chi connectivity index (χ1v) is 9.49. The zero-order valence-electron chi connectivity index (χ0n) is 16.0. The summed E-state index contributed by atoms with van der Waals surface area (Å²) >= 11 is 0. The summed E-state index contributed by atoms with van der Waals surface area (Å²) < 4.78 is 38.8. The van der Waals surface area contributed by atoms with Crippen LogP contribution in [0, 0.1) is 6.92 Å². The Morgan fingerprint density at radius 2 is 1.47 bits per heavy atom. The molecule has 4 aromatic carbocycles. The largest absolute Gasteiger partial charge is 0.416 e. The van der Waals surface area contributed by atoms with Crippen LogP contribution in [0.5, 0.6) is 0 Å². The number of alkyl halides is 3. The van der Waals surface area contributed by atoms with Crippen LogP contribution in [0.3, 0.4) is 0 Å². The molecule has 0 unspecified atom stereocenters. The van der Waals surface area contributed by atoms with E-state index in [0.29, 0.717) is 16.9 Å². The Morgan fingerprint density at radius 3 is 2.13 bits per heavy atom. The highest BCUT2D eigenvalue weighted by atomic mass is 19.4. The second-order valence-corrected chi connectivity index (χ2v) is 7.41. The second kappa shape index (κ2) is 6.46. The Kier molecular flexibility index (Phi) is 3.97. The molecular weight excluding hydrogens is 387 g/mol. The molecule has 30 heavy (non-hydrogen) atoms. The van der Waals surface area contributed by atoms with Crippen molar-refractivity contribution in [2.45, 2.75) is 13.1 Å². The molecule has 0 N–H and O–H groups in total. The summed E-state index contributed by atoms with van der Waals surface area (Å²) in [7, 11) is 0. The van der Waals surface area contributed by atoms with Gasteiger partial charge in [-0.05, 0) is 59.8 Å². The molecule has 5 heteroatoms. The standard InChI is InChI=1S/C25H16F3NO/c1-15-5-7-16(8-6-15)19-13-14-22-23-20(19)3-2-4-21(23)24(30)29(22)18-11-9-17(10-12-18)25(26,27)28/h2-14H,1H3. The Balaban J connectivity index is 1.67. The van der Waals surface area contributed by atoms with Crippen LogP contribution in [0.4, 0.5) is 24.5 Å². The second-order valence-electron chi connectivity index (χ2n) is 7.41. The molecule has 1 amide bonds. The van der Waals surface area contributed by atoms with Gasteiger partial charge in [-0.15, -0.1) is 0 Å². The summed E-state index contributed by atoms with van der Waals surface area (Å²) in [6.45, 7) is 2.03. The SMILES string of the molecule is Cc1ccc(-c2ccc3c4c(cccc24)C(=O)N3c2ccc(C(F)(F)F)cc2)cc1. The fourth-order valence-electron chi connectivity index (χ4n) is 4.02. The van der Waals surface area contributed by atoms with Crippen molar-refractivity contribution in [2.24, 2.45) is 0 Å². The summed E-state index contributed by atoms with van der Waals surface area (Å²) in [6, 6.07) is 22.3. The van der Waals surface area contributed by atoms with E-state index in [1.807, 2.05) is 55.5 Å². The van der Waals surface area contributed by atoms with Crippen LogP contribution in [0.1, 0.15) is 21.5 Å². The molecule has 0 saturated heterocycles. The molecule has 1 aliphatic heterocycles. The fourth-order valence-corrected chi connectivity index (χ4v) is 4.02. The number of carbonyl (C=O) groups is 1. The van der Waals surface area contributed by atoms with Gasteiger partial charge in [-0.2, -0.15) is 13.2 Å². The minimum absolute atomic E-state index is 0.239. The minimum atomic E-state index is -4.42. The van der Waals surface area contributed by atoms with Crippen LogP contribution in [0.2, 0.25) is 0 Å². The highest BCUT2D eigenvalue weighted by Crippen LogP contribution is 2.45. The van der Waals surface area contributed by atoms with Gasteiger partial charge >= 0.3 is 6.18 Å². The summed E-state index contributed by atoms with van der Waals surface area (Å²) in [5.74, 6) is -0.239. The van der Waals surface area contributed by atoms with Gasteiger partial charge in [-0.3, -0.25) is 9.69 Å². The van der Waals surface area contributed by atoms with Crippen LogP contribution < -0.4 is 4.90 Å². The third-order valence-corrected chi connectivity index (χ3v) is 5.51. The minimum Gasteiger partial charge on any atom is -0.276 e. The Hall–Kier alpha value is -3.60. The van der Waals surface area contributed by atoms with Gasteiger partial charge in [0.25, 0.3) is 5.91 Å². The molecule has 0 aliphatic carbocycles. The summed E-state index contributed by atoms with van der Waals surface area (Å²) in [5.41, 5.74) is 4.12. The topological polar surface area (TPSA) is 20.3 Å². The van der Waals surface area contributed by atoms with E-state index in [9.17, 15) is 18.0 Å². The predicted molar refractivity (Wildman–Crippen MR) is 112 cm³/mol. The van der Waals surface area contributed by atoms with Crippen LogP contribution >= 0.6 is 0 Å². The lowest BCUT2D eigenvalue weighted by Gasteiger charge is -2.19. The molecule has 0 aromatic heterocycles. The number of amides is 1. The third-order valence-electron chi connectivity index (χ3n) is 5.51. The van der Waals surface area contributed by atoms with Gasteiger partial charge < -0.3 is 0 Å². The number of rotatable bonds is 2. The van der Waals surface area contributed by atoms with Gasteiger partial charge in [-0.1, -0.05) is 48.0 Å². The van der Waals surface area contributed by atoms with Crippen molar-refractivity contribution in [1.29, 1.82) is 0 Å². The lowest BCUT2D eigenvalue weighted by molar-refractivity contribution is -0.137. The number of hydrogen-bond acceptors (Lipinski definition) is 1. The normalized spacial score (nSPS) is 13.3. The van der Waals surface area contributed by atoms with E-state index in [1.54, 1.807) is 6.07 Å². The average Bonchev–Trinajstić information content (AvgIpc) is 3.02. The molecule has 0 atom stereocenters. The van der Waals surface area contributed by atoms with Gasteiger partial charge in [0.1, 0.15) is 0 Å². The molecule has 0 spiro atoms. The maximum absolute atomic E-state index is 13.2. The smallest absolute Gasteiger partial charge is 0.276 e. The summed E-state index contributed by atoms with van der Waals surface area (Å²) in [4.78, 5) is 14.6. The molecule has 0 radical (unpaired) electrons. The van der Waals surface area contributed by atoms with Crippen molar-refractivity contribution < 1.29 is 18.0 Å². The lowest BCUT2D eigenvalue weighted by Crippen LogP contribution is -2.21. The van der Waals surface area contributed by atoms with E-state index in [-0.39, 0.29) is 5.91 Å². The van der Waals surface area contributed by atoms with Crippen LogP contribution in [0.25, 0.3) is 21.9 Å². The maximum atomic E-state index is 13.2. The first-order chi connectivity index (χ1) is 14.3. The van der Waals surface area contributed by atoms with Crippen molar-refractivity contribution in [3.05, 3.63) is 95.6 Å². The highest BCUT2D eigenvalue weighted by Gasteiger charge is 2.33. The fraction of sp³-hybridized carbons (Fsp3) is 0.0800. The molecular formula is C25H16F3NO. The Morgan fingerprint density at radius 1 is 0.767 bits per heavy atom. The van der Waals surface area contributed by atoms with Crippen molar-refractivity contribution >= 4 is 28.1 Å². The van der Waals surface area contributed by atoms with Gasteiger partial charge in [0.15, 0.2) is 0 Å². The van der Waals surface area contributed by atoms with Crippen molar-refractivity contribution in [1.82, 2.24) is 0 Å². The molecule has 4 aromatic rings. The van der Waals surface area contributed by atoms with Gasteiger partial charge in [0.05, 0.1) is 16.8 Å². The molecule has 0 fully saturated rings. The van der Waals surface area contributed by atoms with Crippen LogP contribution in [-0.2, 0) is 6.18 Å². The molecule has 1 aliphatic rings. The highest BCUT2D eigenvalue weighted by molar-refractivity contribution is 6.29. The van der Waals surface area contributed by atoms with Gasteiger partial charge in [0, 0.05) is 11.1 Å². The maximum Gasteiger partial charge on any atom is 0.416 e. The van der Waals surface area contributed by atoms with Crippen molar-refractivity contribution in [3.63, 3.8) is 0 Å². The first-order valence-electron chi connectivity index (χ1n) is 9.49. The van der Waals surface area contributed by atoms with E-state index in [4.69, 9.17) is 0 Å². The zero-order chi connectivity index (χ0) is 21.0. The predicted octanol–water partition coefficient (Wildman–Crippen LogP) is 7.13. The number of nitrogens with zero attached hydrogens (tertiary/aromatic N) is 1. The number of aryl methyl sites for hydroxylation is 1. The van der Waals surface area contributed by atoms with Gasteiger partial charge in [0.2, 0.25) is 0 Å². The van der Waals surface area contributed by atoms with Gasteiger partial charge in [-0.25, -0.2) is 0 Å². The number of anilines is 2. The molecule has 0 saturated carbocycles. The zero-order valence-corrected chi connectivity index (χ0v) is 16.0. The molecule has 148 valence electrons. The molecule has 0 bridgehead atoms. The molecule has 1 heterocycles. The molecule has 2 nitrogen and oxygen atoms in total. The van der Waals surface area contributed by atoms with E-state index in [2.05, 4.69) is 0 Å². The summed E-state index contributed by atoms with van der Waals surface area (Å²) in [5, 5.41) is 1.76. The quantitative estimate of drug-likeness (QED) is 0.349. The lowest BCUT2D eigenvalue weighted by atomic mass is 9.95. The Labute approximate surface area is 171 Å². The van der Waals surface area contributed by atoms with E-state index < -0.39 is 11.7 Å². The first kappa shape index (κ1) is 18.4.